The van der Waals surface area contributed by atoms with Crippen molar-refractivity contribution in [2.75, 3.05) is 39.3 Å². The van der Waals surface area contributed by atoms with Crippen LogP contribution in [0.15, 0.2) is 0 Å². The molecule has 0 aliphatic carbocycles. The van der Waals surface area contributed by atoms with Gasteiger partial charge in [-0.1, -0.05) is 13.3 Å². The molecule has 0 bridgehead atoms. The van der Waals surface area contributed by atoms with Crippen LogP contribution in [0.3, 0.4) is 0 Å². The molecule has 2 fully saturated rings. The number of nitrogens with one attached hydrogen (secondary N) is 2. The van der Waals surface area contributed by atoms with Gasteiger partial charge in [-0.2, -0.15) is 0 Å². The lowest BCUT2D eigenvalue weighted by molar-refractivity contribution is -0.122. The highest BCUT2D eigenvalue weighted by atomic mass is 16.1. The van der Waals surface area contributed by atoms with E-state index in [1.54, 1.807) is 0 Å². The summed E-state index contributed by atoms with van der Waals surface area (Å²) in [5.74, 6) is 1.50. The number of hydrogen-bond acceptors (Lipinski definition) is 3. The number of carbonyl (C=O) groups excluding carboxylic acids is 1. The highest BCUT2D eigenvalue weighted by Crippen LogP contribution is 2.24. The predicted octanol–water partition coefficient (Wildman–Crippen LogP) is 2.00. The summed E-state index contributed by atoms with van der Waals surface area (Å²) in [5.41, 5.74) is 0. The van der Waals surface area contributed by atoms with Crippen LogP contribution < -0.4 is 10.6 Å². The van der Waals surface area contributed by atoms with Crippen LogP contribution in [0.25, 0.3) is 0 Å². The molecule has 122 valence electrons. The van der Waals surface area contributed by atoms with Crippen molar-refractivity contribution >= 4 is 5.91 Å². The van der Waals surface area contributed by atoms with E-state index >= 15 is 0 Å². The fourth-order valence-corrected chi connectivity index (χ4v) is 3.66. The third-order valence-corrected chi connectivity index (χ3v) is 5.12. The Morgan fingerprint density at radius 1 is 1.24 bits per heavy atom. The molecule has 0 aromatic carbocycles. The summed E-state index contributed by atoms with van der Waals surface area (Å²) in [7, 11) is 0. The van der Waals surface area contributed by atoms with Crippen LogP contribution in [-0.2, 0) is 4.79 Å². The maximum absolute atomic E-state index is 12.0. The van der Waals surface area contributed by atoms with Crippen molar-refractivity contribution < 1.29 is 4.79 Å². The molecular formula is C17H33N3O. The summed E-state index contributed by atoms with van der Waals surface area (Å²) in [6, 6.07) is 0. The maximum Gasteiger partial charge on any atom is 0.220 e. The molecule has 4 nitrogen and oxygen atoms in total. The molecule has 1 atom stereocenters. The van der Waals surface area contributed by atoms with Gasteiger partial charge in [0.1, 0.15) is 0 Å². The lowest BCUT2D eigenvalue weighted by Crippen LogP contribution is -2.35. The molecule has 0 saturated carbocycles. The topological polar surface area (TPSA) is 44.4 Å². The van der Waals surface area contributed by atoms with E-state index in [9.17, 15) is 4.79 Å². The number of likely N-dealkylation sites (tertiary alicyclic amines) is 1. The number of amides is 1. The van der Waals surface area contributed by atoms with Gasteiger partial charge in [0.25, 0.3) is 0 Å². The normalized spacial score (nSPS) is 22.9. The summed E-state index contributed by atoms with van der Waals surface area (Å²) >= 11 is 0. The van der Waals surface area contributed by atoms with Crippen LogP contribution in [0.5, 0.6) is 0 Å². The highest BCUT2D eigenvalue weighted by molar-refractivity contribution is 5.76. The minimum atomic E-state index is 0.250. The van der Waals surface area contributed by atoms with Crippen LogP contribution in [0.2, 0.25) is 0 Å². The first-order chi connectivity index (χ1) is 10.3. The second-order valence-electron chi connectivity index (χ2n) is 6.87. The second kappa shape index (κ2) is 9.42. The van der Waals surface area contributed by atoms with Crippen LogP contribution in [-0.4, -0.2) is 50.1 Å². The largest absolute Gasteiger partial charge is 0.356 e. The molecule has 0 radical (unpaired) electrons. The Hall–Kier alpha value is -0.610. The fraction of sp³-hybridized carbons (Fsp3) is 0.941. The van der Waals surface area contributed by atoms with Crippen LogP contribution in [0, 0.1) is 11.8 Å². The van der Waals surface area contributed by atoms with E-state index in [0.29, 0.717) is 12.3 Å². The van der Waals surface area contributed by atoms with Crippen LogP contribution >= 0.6 is 0 Å². The molecular weight excluding hydrogens is 262 g/mol. The van der Waals surface area contributed by atoms with Crippen molar-refractivity contribution in [1.29, 1.82) is 0 Å². The minimum Gasteiger partial charge on any atom is -0.356 e. The average molecular weight is 295 g/mol. The summed E-state index contributed by atoms with van der Waals surface area (Å²) in [6.07, 6.45) is 8.33. The Balaban J connectivity index is 1.52. The van der Waals surface area contributed by atoms with E-state index in [2.05, 4.69) is 22.5 Å². The zero-order valence-electron chi connectivity index (χ0n) is 13.7. The fourth-order valence-electron chi connectivity index (χ4n) is 3.66. The molecule has 0 aromatic rings. The molecule has 0 aromatic heterocycles. The monoisotopic (exact) mass is 295 g/mol. The van der Waals surface area contributed by atoms with E-state index in [0.717, 1.165) is 38.5 Å². The number of carbonyl (C=O) groups is 1. The Morgan fingerprint density at radius 2 is 1.95 bits per heavy atom. The van der Waals surface area contributed by atoms with Crippen molar-refractivity contribution in [1.82, 2.24) is 15.5 Å². The Kier molecular flexibility index (Phi) is 7.51. The van der Waals surface area contributed by atoms with Gasteiger partial charge in [0, 0.05) is 13.0 Å². The Labute approximate surface area is 130 Å². The molecule has 21 heavy (non-hydrogen) atoms. The van der Waals surface area contributed by atoms with Crippen molar-refractivity contribution in [3.8, 4) is 0 Å². The van der Waals surface area contributed by atoms with E-state index in [1.165, 1.54) is 45.2 Å². The number of rotatable bonds is 7. The van der Waals surface area contributed by atoms with Crippen LogP contribution in [0.4, 0.5) is 0 Å². The lowest BCUT2D eigenvalue weighted by atomic mass is 9.84. The Morgan fingerprint density at radius 3 is 2.67 bits per heavy atom. The number of piperidine rings is 2. The van der Waals surface area contributed by atoms with Gasteiger partial charge in [-0.25, -0.2) is 0 Å². The summed E-state index contributed by atoms with van der Waals surface area (Å²) in [4.78, 5) is 14.5. The predicted molar refractivity (Wildman–Crippen MR) is 87.3 cm³/mol. The molecule has 0 spiro atoms. The highest BCUT2D eigenvalue weighted by Gasteiger charge is 2.21. The second-order valence-corrected chi connectivity index (χ2v) is 6.87. The van der Waals surface area contributed by atoms with Crippen LogP contribution in [0.1, 0.15) is 51.9 Å². The molecule has 2 aliphatic heterocycles. The van der Waals surface area contributed by atoms with E-state index < -0.39 is 0 Å². The molecule has 2 rings (SSSR count). The van der Waals surface area contributed by atoms with Crippen molar-refractivity contribution in [2.45, 2.75) is 51.9 Å². The minimum absolute atomic E-state index is 0.250. The zero-order chi connectivity index (χ0) is 14.9. The Bertz CT molecular complexity index is 296. The van der Waals surface area contributed by atoms with Gasteiger partial charge in [-0.15, -0.1) is 0 Å². The van der Waals surface area contributed by atoms with E-state index in [4.69, 9.17) is 0 Å². The number of nitrogens with zero attached hydrogens (tertiary/aromatic N) is 1. The quantitative estimate of drug-likeness (QED) is 0.706. The molecule has 1 amide bonds. The summed E-state index contributed by atoms with van der Waals surface area (Å²) in [6.45, 7) is 8.96. The maximum atomic E-state index is 12.0. The first kappa shape index (κ1) is 16.8. The van der Waals surface area contributed by atoms with Crippen molar-refractivity contribution in [3.05, 3.63) is 0 Å². The lowest BCUT2D eigenvalue weighted by Gasteiger charge is -2.28. The molecule has 4 heteroatoms. The standard InChI is InChI=1S/C17H33N3O/c1-15(16-6-9-18-10-7-16)14-17(21)19-8-5-13-20-11-3-2-4-12-20/h15-16,18H,2-14H2,1H3,(H,19,21). The van der Waals surface area contributed by atoms with Gasteiger partial charge in [0.05, 0.1) is 0 Å². The van der Waals surface area contributed by atoms with Gasteiger partial charge >= 0.3 is 0 Å². The third-order valence-electron chi connectivity index (χ3n) is 5.12. The van der Waals surface area contributed by atoms with Gasteiger partial charge < -0.3 is 15.5 Å². The van der Waals surface area contributed by atoms with Gasteiger partial charge in [0.2, 0.25) is 5.91 Å². The van der Waals surface area contributed by atoms with Gasteiger partial charge in [0.15, 0.2) is 0 Å². The number of hydrogen-bond donors (Lipinski definition) is 2. The third kappa shape index (κ3) is 6.35. The molecule has 2 aliphatic rings. The zero-order valence-corrected chi connectivity index (χ0v) is 13.7. The average Bonchev–Trinajstić information content (AvgIpc) is 2.53. The molecule has 2 heterocycles. The molecule has 1 unspecified atom stereocenters. The first-order valence-corrected chi connectivity index (χ1v) is 8.95. The summed E-state index contributed by atoms with van der Waals surface area (Å²) in [5, 5.41) is 6.50. The molecule has 2 N–H and O–H groups in total. The first-order valence-electron chi connectivity index (χ1n) is 8.95. The van der Waals surface area contributed by atoms with Gasteiger partial charge in [-0.3, -0.25) is 4.79 Å². The van der Waals surface area contributed by atoms with E-state index in [-0.39, 0.29) is 5.91 Å². The van der Waals surface area contributed by atoms with Gasteiger partial charge in [-0.05, 0) is 76.7 Å². The van der Waals surface area contributed by atoms with Crippen molar-refractivity contribution in [3.63, 3.8) is 0 Å². The SMILES string of the molecule is CC(CC(=O)NCCCN1CCCCC1)C1CCNCC1. The molecule has 2 saturated heterocycles. The van der Waals surface area contributed by atoms with E-state index in [1.807, 2.05) is 0 Å². The summed E-state index contributed by atoms with van der Waals surface area (Å²) < 4.78 is 0. The van der Waals surface area contributed by atoms with Crippen molar-refractivity contribution in [2.24, 2.45) is 11.8 Å². The smallest absolute Gasteiger partial charge is 0.220 e.